The van der Waals surface area contributed by atoms with Crippen molar-refractivity contribution in [3.05, 3.63) is 35.9 Å². The maximum Gasteiger partial charge on any atom is 0.280 e. The van der Waals surface area contributed by atoms with E-state index in [2.05, 4.69) is 18.6 Å². The molecule has 2 unspecified atom stereocenters. The van der Waals surface area contributed by atoms with Crippen molar-refractivity contribution in [2.75, 3.05) is 19.7 Å². The number of nitrogens with zero attached hydrogens (tertiary/aromatic N) is 1. The normalized spacial score (nSPS) is 25.7. The van der Waals surface area contributed by atoms with Crippen molar-refractivity contribution in [1.82, 2.24) is 9.03 Å². The summed E-state index contributed by atoms with van der Waals surface area (Å²) in [5.41, 5.74) is 0.765. The van der Waals surface area contributed by atoms with Crippen molar-refractivity contribution < 1.29 is 13.5 Å². The van der Waals surface area contributed by atoms with Gasteiger partial charge in [0.15, 0.2) is 0 Å². The van der Waals surface area contributed by atoms with Gasteiger partial charge < -0.3 is 5.11 Å². The number of hydrogen-bond donors (Lipinski definition) is 2. The van der Waals surface area contributed by atoms with Gasteiger partial charge in [-0.15, -0.1) is 0 Å². The summed E-state index contributed by atoms with van der Waals surface area (Å²) in [5, 5.41) is 9.50. The molecule has 0 bridgehead atoms. The average Bonchev–Trinajstić information content (AvgIpc) is 2.45. The van der Waals surface area contributed by atoms with E-state index in [0.717, 1.165) is 12.0 Å². The first kappa shape index (κ1) is 16.4. The van der Waals surface area contributed by atoms with E-state index >= 15 is 0 Å². The fourth-order valence-electron chi connectivity index (χ4n) is 2.95. The number of benzene rings is 1. The number of piperidine rings is 1. The molecule has 0 aliphatic carbocycles. The molecule has 0 aromatic heterocycles. The Morgan fingerprint density at radius 3 is 2.33 bits per heavy atom. The van der Waals surface area contributed by atoms with Crippen LogP contribution in [0.25, 0.3) is 0 Å². The molecular weight excluding hydrogens is 288 g/mol. The van der Waals surface area contributed by atoms with Gasteiger partial charge in [-0.1, -0.05) is 44.2 Å². The second-order valence-corrected chi connectivity index (χ2v) is 7.73. The zero-order chi connectivity index (χ0) is 15.5. The molecule has 21 heavy (non-hydrogen) atoms. The van der Waals surface area contributed by atoms with Crippen LogP contribution in [0.2, 0.25) is 0 Å². The molecule has 2 N–H and O–H groups in total. The molecule has 1 saturated heterocycles. The number of hydrogen-bond acceptors (Lipinski definition) is 3. The highest BCUT2D eigenvalue weighted by Crippen LogP contribution is 2.24. The van der Waals surface area contributed by atoms with Crippen molar-refractivity contribution in [2.24, 2.45) is 11.8 Å². The van der Waals surface area contributed by atoms with Crippen LogP contribution >= 0.6 is 0 Å². The Hall–Kier alpha value is -0.950. The van der Waals surface area contributed by atoms with Crippen molar-refractivity contribution in [1.29, 1.82) is 0 Å². The standard InChI is InChI=1S/C15H24N2O3S/c1-12-8-13(2)10-17(9-12)21(19,20)16-15(11-18)14-6-4-3-5-7-14/h3-7,12-13,15-16,18H,8-11H2,1-2H3/t12?,13?,15-/m0/s1. The molecule has 6 heteroatoms. The third-order valence-electron chi connectivity index (χ3n) is 3.85. The van der Waals surface area contributed by atoms with Crippen molar-refractivity contribution >= 4 is 10.2 Å². The Labute approximate surface area is 127 Å². The van der Waals surface area contributed by atoms with Crippen LogP contribution in [0.3, 0.4) is 0 Å². The van der Waals surface area contributed by atoms with Gasteiger partial charge in [0.05, 0.1) is 12.6 Å². The van der Waals surface area contributed by atoms with E-state index < -0.39 is 16.3 Å². The van der Waals surface area contributed by atoms with E-state index in [1.807, 2.05) is 30.3 Å². The monoisotopic (exact) mass is 312 g/mol. The summed E-state index contributed by atoms with van der Waals surface area (Å²) in [5.74, 6) is 0.712. The fourth-order valence-corrected chi connectivity index (χ4v) is 4.57. The van der Waals surface area contributed by atoms with Gasteiger partial charge in [0, 0.05) is 13.1 Å². The smallest absolute Gasteiger partial charge is 0.280 e. The molecular formula is C15H24N2O3S. The predicted molar refractivity (Wildman–Crippen MR) is 82.8 cm³/mol. The van der Waals surface area contributed by atoms with Gasteiger partial charge in [-0.3, -0.25) is 0 Å². The summed E-state index contributed by atoms with van der Waals surface area (Å²) in [6.45, 7) is 4.94. The van der Waals surface area contributed by atoms with Crippen LogP contribution in [0.5, 0.6) is 0 Å². The maximum absolute atomic E-state index is 12.5. The Kier molecular flexibility index (Phi) is 5.37. The zero-order valence-electron chi connectivity index (χ0n) is 12.6. The van der Waals surface area contributed by atoms with Crippen LogP contribution in [0.1, 0.15) is 31.9 Å². The first-order valence-corrected chi connectivity index (χ1v) is 8.79. The lowest BCUT2D eigenvalue weighted by atomic mass is 9.94. The van der Waals surface area contributed by atoms with Crippen LogP contribution in [0.15, 0.2) is 30.3 Å². The minimum atomic E-state index is -3.59. The van der Waals surface area contributed by atoms with E-state index in [1.54, 1.807) is 0 Å². The molecule has 1 aliphatic heterocycles. The molecule has 118 valence electrons. The van der Waals surface area contributed by atoms with Crippen LogP contribution in [0, 0.1) is 11.8 Å². The summed E-state index contributed by atoms with van der Waals surface area (Å²) < 4.78 is 29.2. The molecule has 3 atom stereocenters. The SMILES string of the molecule is CC1CC(C)CN(S(=O)(=O)N[C@@H](CO)c2ccccc2)C1. The van der Waals surface area contributed by atoms with E-state index in [4.69, 9.17) is 0 Å². The van der Waals surface area contributed by atoms with E-state index in [1.165, 1.54) is 4.31 Å². The second kappa shape index (κ2) is 6.87. The van der Waals surface area contributed by atoms with Crippen molar-refractivity contribution in [3.8, 4) is 0 Å². The van der Waals surface area contributed by atoms with Gasteiger partial charge in [-0.2, -0.15) is 17.4 Å². The quantitative estimate of drug-likeness (QED) is 0.866. The molecule has 0 radical (unpaired) electrons. The van der Waals surface area contributed by atoms with Gasteiger partial charge >= 0.3 is 0 Å². The van der Waals surface area contributed by atoms with Gasteiger partial charge in [0.25, 0.3) is 10.2 Å². The van der Waals surface area contributed by atoms with Gasteiger partial charge in [0.1, 0.15) is 0 Å². The number of rotatable bonds is 5. The molecule has 0 amide bonds. The Morgan fingerprint density at radius 1 is 1.24 bits per heavy atom. The first-order chi connectivity index (χ1) is 9.92. The Morgan fingerprint density at radius 2 is 1.81 bits per heavy atom. The fraction of sp³-hybridized carbons (Fsp3) is 0.600. The molecule has 1 heterocycles. The third-order valence-corrected chi connectivity index (χ3v) is 5.41. The molecule has 0 spiro atoms. The van der Waals surface area contributed by atoms with Gasteiger partial charge in [-0.25, -0.2) is 0 Å². The molecule has 1 aromatic rings. The summed E-state index contributed by atoms with van der Waals surface area (Å²) >= 11 is 0. The van der Waals surface area contributed by atoms with Crippen molar-refractivity contribution in [3.63, 3.8) is 0 Å². The summed E-state index contributed by atoms with van der Waals surface area (Å²) in [6, 6.07) is 8.54. The van der Waals surface area contributed by atoms with E-state index in [0.29, 0.717) is 24.9 Å². The van der Waals surface area contributed by atoms with Gasteiger partial charge in [0.2, 0.25) is 0 Å². The van der Waals surface area contributed by atoms with Crippen LogP contribution in [0.4, 0.5) is 0 Å². The van der Waals surface area contributed by atoms with Crippen LogP contribution in [-0.4, -0.2) is 37.5 Å². The highest BCUT2D eigenvalue weighted by atomic mass is 32.2. The minimum Gasteiger partial charge on any atom is -0.394 e. The average molecular weight is 312 g/mol. The highest BCUT2D eigenvalue weighted by Gasteiger charge is 2.32. The lowest BCUT2D eigenvalue weighted by molar-refractivity contribution is 0.214. The Balaban J connectivity index is 2.12. The van der Waals surface area contributed by atoms with Crippen LogP contribution in [-0.2, 0) is 10.2 Å². The Bertz CT molecular complexity index is 537. The maximum atomic E-state index is 12.5. The zero-order valence-corrected chi connectivity index (χ0v) is 13.4. The predicted octanol–water partition coefficient (Wildman–Crippen LogP) is 1.53. The van der Waals surface area contributed by atoms with Crippen LogP contribution < -0.4 is 4.72 Å². The van der Waals surface area contributed by atoms with E-state index in [9.17, 15) is 13.5 Å². The lowest BCUT2D eigenvalue weighted by Crippen LogP contribution is -2.49. The summed E-state index contributed by atoms with van der Waals surface area (Å²) in [4.78, 5) is 0. The minimum absolute atomic E-state index is 0.262. The first-order valence-electron chi connectivity index (χ1n) is 7.35. The molecule has 0 saturated carbocycles. The molecule has 1 aliphatic rings. The lowest BCUT2D eigenvalue weighted by Gasteiger charge is -2.34. The molecule has 2 rings (SSSR count). The summed E-state index contributed by atoms with van der Waals surface area (Å²) in [6.07, 6.45) is 1.05. The number of aliphatic hydroxyl groups is 1. The third kappa shape index (κ3) is 4.26. The number of nitrogens with one attached hydrogen (secondary N) is 1. The van der Waals surface area contributed by atoms with E-state index in [-0.39, 0.29) is 6.61 Å². The largest absolute Gasteiger partial charge is 0.394 e. The van der Waals surface area contributed by atoms with Crippen molar-refractivity contribution in [2.45, 2.75) is 26.3 Å². The second-order valence-electron chi connectivity index (χ2n) is 6.03. The molecule has 1 aromatic carbocycles. The molecule has 5 nitrogen and oxygen atoms in total. The highest BCUT2D eigenvalue weighted by molar-refractivity contribution is 7.87. The van der Waals surface area contributed by atoms with Gasteiger partial charge in [-0.05, 0) is 23.8 Å². The number of aliphatic hydroxyl groups excluding tert-OH is 1. The summed E-state index contributed by atoms with van der Waals surface area (Å²) in [7, 11) is -3.59. The topological polar surface area (TPSA) is 69.6 Å². The molecule has 1 fully saturated rings.